The van der Waals surface area contributed by atoms with Gasteiger partial charge in [-0.3, -0.25) is 0 Å². The Hall–Kier alpha value is -3.47. The molecule has 2 aromatic carbocycles. The number of alkyl carbamates (subject to hydrolysis) is 1. The minimum Gasteiger partial charge on any atom is -0.445 e. The quantitative estimate of drug-likeness (QED) is 0.283. The van der Waals surface area contributed by atoms with Gasteiger partial charge >= 0.3 is 21.8 Å². The Bertz CT molecular complexity index is 1450. The molecule has 0 unspecified atom stereocenters. The Morgan fingerprint density at radius 2 is 1.84 bits per heavy atom. The number of carbonyl (C=O) groups excluding carboxylic acids is 1. The normalized spacial score (nSPS) is 15.2. The maximum atomic E-state index is 15.1. The zero-order chi connectivity index (χ0) is 27.3. The summed E-state index contributed by atoms with van der Waals surface area (Å²) in [6.07, 6.45) is 4.36. The minimum absolute atomic E-state index is 0.00972. The summed E-state index contributed by atoms with van der Waals surface area (Å²) < 4.78 is 70.6. The van der Waals surface area contributed by atoms with E-state index in [1.807, 2.05) is 6.07 Å². The molecule has 1 atom stereocenters. The van der Waals surface area contributed by atoms with E-state index in [1.165, 1.54) is 6.92 Å². The summed E-state index contributed by atoms with van der Waals surface area (Å²) in [5, 5.41) is 2.56. The molecule has 1 saturated carbocycles. The molecule has 204 valence electrons. The van der Waals surface area contributed by atoms with Crippen LogP contribution < -0.4 is 15.1 Å². The fourth-order valence-electron chi connectivity index (χ4n) is 4.77. The predicted octanol–water partition coefficient (Wildman–Crippen LogP) is 5.35. The minimum atomic E-state index is -4.60. The van der Waals surface area contributed by atoms with Gasteiger partial charge < -0.3 is 18.7 Å². The lowest BCUT2D eigenvalue weighted by molar-refractivity contribution is 0.134. The van der Waals surface area contributed by atoms with Crippen molar-refractivity contribution in [2.75, 3.05) is 5.75 Å². The van der Waals surface area contributed by atoms with Crippen molar-refractivity contribution in [1.29, 1.82) is 0 Å². The lowest BCUT2D eigenvalue weighted by Crippen LogP contribution is -2.42. The molecule has 3 aromatic rings. The number of amides is 1. The summed E-state index contributed by atoms with van der Waals surface area (Å²) in [6.45, 7) is 1.46. The molecule has 38 heavy (non-hydrogen) atoms. The maximum Gasteiger partial charge on any atom is 0.407 e. The molecule has 0 radical (unpaired) electrons. The Morgan fingerprint density at radius 1 is 1.13 bits per heavy atom. The summed E-state index contributed by atoms with van der Waals surface area (Å²) in [7, 11) is -4.60. The number of aryl methyl sites for hydroxylation is 1. The molecule has 1 N–H and O–H groups in total. The van der Waals surface area contributed by atoms with E-state index in [9.17, 15) is 22.4 Å². The molecular weight excluding hydrogens is 520 g/mol. The molecule has 8 nitrogen and oxygen atoms in total. The van der Waals surface area contributed by atoms with E-state index in [-0.39, 0.29) is 23.5 Å². The number of rotatable bonds is 9. The highest BCUT2D eigenvalue weighted by Gasteiger charge is 2.30. The van der Waals surface area contributed by atoms with Crippen molar-refractivity contribution in [3.63, 3.8) is 0 Å². The second-order valence-electron chi connectivity index (χ2n) is 9.58. The van der Waals surface area contributed by atoms with Crippen molar-refractivity contribution in [2.24, 2.45) is 5.92 Å². The second-order valence-corrected chi connectivity index (χ2v) is 11.2. The van der Waals surface area contributed by atoms with Gasteiger partial charge in [0.2, 0.25) is 11.6 Å². The first-order valence-corrected chi connectivity index (χ1v) is 14.0. The molecule has 0 saturated heterocycles. The third-order valence-electron chi connectivity index (χ3n) is 6.59. The maximum absolute atomic E-state index is 15.1. The monoisotopic (exact) mass is 549 g/mol. The molecule has 4 rings (SSSR count). The molecule has 1 aliphatic carbocycles. The average Bonchev–Trinajstić information content (AvgIpc) is 2.87. The first-order chi connectivity index (χ1) is 18.1. The van der Waals surface area contributed by atoms with E-state index in [1.54, 1.807) is 24.3 Å². The number of carbonyl (C=O) groups is 1. The van der Waals surface area contributed by atoms with E-state index >= 15 is 4.39 Å². The highest BCUT2D eigenvalue weighted by Crippen LogP contribution is 2.32. The SMILES string of the molecule is Cc1cc(=O)oc2c(F)c(OS(=O)(=O)C[C@H](CC3CCCCC3)NC(=O)OCc3ccccc3)c(F)cc12. The van der Waals surface area contributed by atoms with Crippen molar-refractivity contribution in [1.82, 2.24) is 5.32 Å². The third kappa shape index (κ3) is 7.09. The van der Waals surface area contributed by atoms with Gasteiger partial charge in [-0.05, 0) is 36.5 Å². The summed E-state index contributed by atoms with van der Waals surface area (Å²) >= 11 is 0. The molecule has 0 bridgehead atoms. The van der Waals surface area contributed by atoms with Crippen LogP contribution in [0.2, 0.25) is 0 Å². The van der Waals surface area contributed by atoms with Crippen LogP contribution in [0.5, 0.6) is 5.75 Å². The smallest absolute Gasteiger partial charge is 0.407 e. The summed E-state index contributed by atoms with van der Waals surface area (Å²) in [4.78, 5) is 24.2. The van der Waals surface area contributed by atoms with Gasteiger partial charge in [0.15, 0.2) is 11.4 Å². The van der Waals surface area contributed by atoms with E-state index in [0.29, 0.717) is 6.42 Å². The Balaban J connectivity index is 1.52. The molecule has 1 aromatic heterocycles. The van der Waals surface area contributed by atoms with Crippen LogP contribution >= 0.6 is 0 Å². The van der Waals surface area contributed by atoms with Gasteiger partial charge in [0, 0.05) is 17.5 Å². The van der Waals surface area contributed by atoms with Crippen molar-refractivity contribution in [2.45, 2.75) is 58.1 Å². The second kappa shape index (κ2) is 11.9. The predicted molar refractivity (Wildman–Crippen MR) is 136 cm³/mol. The molecule has 1 fully saturated rings. The zero-order valence-corrected chi connectivity index (χ0v) is 21.7. The number of benzene rings is 2. The number of fused-ring (bicyclic) bond motifs is 1. The van der Waals surface area contributed by atoms with Crippen LogP contribution in [0.25, 0.3) is 11.0 Å². The van der Waals surface area contributed by atoms with Crippen molar-refractivity contribution in [3.05, 3.63) is 75.6 Å². The van der Waals surface area contributed by atoms with Gasteiger partial charge in [-0.25, -0.2) is 14.0 Å². The van der Waals surface area contributed by atoms with E-state index in [0.717, 1.165) is 49.8 Å². The molecule has 0 spiro atoms. The van der Waals surface area contributed by atoms with Crippen LogP contribution in [0, 0.1) is 24.5 Å². The van der Waals surface area contributed by atoms with Gasteiger partial charge in [0.25, 0.3) is 0 Å². The number of halogens is 2. The molecular formula is C27H29F2NO7S. The van der Waals surface area contributed by atoms with E-state index in [4.69, 9.17) is 13.3 Å². The van der Waals surface area contributed by atoms with Crippen LogP contribution in [0.1, 0.15) is 49.7 Å². The summed E-state index contributed by atoms with van der Waals surface area (Å²) in [5.41, 5.74) is -0.469. The molecule has 1 aliphatic rings. The summed E-state index contributed by atoms with van der Waals surface area (Å²) in [6, 6.07) is 9.97. The van der Waals surface area contributed by atoms with Gasteiger partial charge in [-0.1, -0.05) is 62.4 Å². The largest absolute Gasteiger partial charge is 0.445 e. The number of hydrogen-bond donors (Lipinski definition) is 1. The highest BCUT2D eigenvalue weighted by molar-refractivity contribution is 7.87. The average molecular weight is 550 g/mol. The van der Waals surface area contributed by atoms with Crippen LogP contribution in [-0.4, -0.2) is 26.3 Å². The Kier molecular flexibility index (Phi) is 8.65. The van der Waals surface area contributed by atoms with E-state index in [2.05, 4.69) is 5.32 Å². The number of ether oxygens (including phenoxy) is 1. The first-order valence-electron chi connectivity index (χ1n) is 12.4. The summed E-state index contributed by atoms with van der Waals surface area (Å²) in [5.74, 6) is -4.48. The van der Waals surface area contributed by atoms with Gasteiger partial charge in [0.05, 0.1) is 0 Å². The highest BCUT2D eigenvalue weighted by atomic mass is 32.2. The van der Waals surface area contributed by atoms with Crippen LogP contribution in [0.15, 0.2) is 51.7 Å². The Labute approximate surface area is 219 Å². The number of hydrogen-bond acceptors (Lipinski definition) is 7. The van der Waals surface area contributed by atoms with E-state index < -0.39 is 56.6 Å². The first kappa shape index (κ1) is 27.6. The molecule has 1 amide bonds. The van der Waals surface area contributed by atoms with Crippen LogP contribution in [-0.2, 0) is 21.5 Å². The zero-order valence-electron chi connectivity index (χ0n) is 20.9. The Morgan fingerprint density at radius 3 is 2.55 bits per heavy atom. The number of nitrogens with one attached hydrogen (secondary N) is 1. The molecule has 1 heterocycles. The van der Waals surface area contributed by atoms with Crippen molar-refractivity contribution in [3.8, 4) is 5.75 Å². The standard InChI is InChI=1S/C27H29F2NO7S/c1-17-12-23(31)36-25-21(17)14-22(28)26(24(25)29)37-38(33,34)16-20(13-18-8-4-2-5-9-18)30-27(32)35-15-19-10-6-3-7-11-19/h3,6-7,10-12,14,18,20H,2,4-5,8-9,13,15-16H2,1H3,(H,30,32)/t20-/m0/s1. The van der Waals surface area contributed by atoms with Crippen LogP contribution in [0.3, 0.4) is 0 Å². The topological polar surface area (TPSA) is 112 Å². The van der Waals surface area contributed by atoms with Gasteiger partial charge in [-0.2, -0.15) is 12.8 Å². The van der Waals surface area contributed by atoms with Crippen molar-refractivity contribution >= 4 is 27.2 Å². The lowest BCUT2D eigenvalue weighted by Gasteiger charge is -2.26. The van der Waals surface area contributed by atoms with Gasteiger partial charge in [-0.15, -0.1) is 0 Å². The molecule has 0 aliphatic heterocycles. The lowest BCUT2D eigenvalue weighted by atomic mass is 9.85. The fraction of sp³-hybridized carbons (Fsp3) is 0.407. The third-order valence-corrected chi connectivity index (χ3v) is 7.82. The van der Waals surface area contributed by atoms with Crippen molar-refractivity contribution < 1.29 is 35.3 Å². The fourth-order valence-corrected chi connectivity index (χ4v) is 5.96. The molecule has 11 heteroatoms. The van der Waals surface area contributed by atoms with Gasteiger partial charge in [0.1, 0.15) is 12.4 Å². The van der Waals surface area contributed by atoms with Crippen LogP contribution in [0.4, 0.5) is 13.6 Å².